The topological polar surface area (TPSA) is 32.3 Å². The number of nitrogens with one attached hydrogen (secondary N) is 1. The summed E-state index contributed by atoms with van der Waals surface area (Å²) in [6.07, 6.45) is 0. The maximum Gasteiger partial charge on any atom is 0.219 e. The molecule has 0 saturated carbocycles. The Morgan fingerprint density at radius 2 is 1.78 bits per heavy atom. The van der Waals surface area contributed by atoms with E-state index in [0.29, 0.717) is 13.1 Å². The molecule has 122 valence electrons. The van der Waals surface area contributed by atoms with Crippen molar-refractivity contribution < 1.29 is 13.6 Å². The fraction of sp³-hybridized carbons (Fsp3) is 0.278. The maximum atomic E-state index is 13.7. The van der Waals surface area contributed by atoms with Crippen LogP contribution >= 0.6 is 0 Å². The number of carbonyl (C=O) groups excluding carboxylic acids is 1. The van der Waals surface area contributed by atoms with Gasteiger partial charge in [0.15, 0.2) is 11.6 Å². The Morgan fingerprint density at radius 3 is 2.48 bits per heavy atom. The predicted molar refractivity (Wildman–Crippen MR) is 86.9 cm³/mol. The first-order valence-electron chi connectivity index (χ1n) is 7.53. The van der Waals surface area contributed by atoms with Gasteiger partial charge in [-0.05, 0) is 24.6 Å². The average Bonchev–Trinajstić information content (AvgIpc) is 2.54. The molecular formula is C18H20F2N2O. The van der Waals surface area contributed by atoms with Gasteiger partial charge in [0.1, 0.15) is 0 Å². The SMILES string of the molecule is CCN(Cc1ccccc1NCc1cccc(F)c1F)C(C)=O. The highest BCUT2D eigenvalue weighted by Crippen LogP contribution is 2.19. The third kappa shape index (κ3) is 4.28. The van der Waals surface area contributed by atoms with Crippen molar-refractivity contribution in [2.24, 2.45) is 0 Å². The van der Waals surface area contributed by atoms with Crippen molar-refractivity contribution in [3.05, 3.63) is 65.2 Å². The molecule has 0 aliphatic rings. The van der Waals surface area contributed by atoms with E-state index in [1.807, 2.05) is 31.2 Å². The quantitative estimate of drug-likeness (QED) is 0.875. The maximum absolute atomic E-state index is 13.7. The Labute approximate surface area is 134 Å². The van der Waals surface area contributed by atoms with Crippen molar-refractivity contribution in [2.45, 2.75) is 26.9 Å². The van der Waals surface area contributed by atoms with Gasteiger partial charge in [0.2, 0.25) is 5.91 Å². The molecule has 2 aromatic carbocycles. The summed E-state index contributed by atoms with van der Waals surface area (Å²) in [5.41, 5.74) is 2.00. The number of carbonyl (C=O) groups is 1. The Balaban J connectivity index is 2.14. The van der Waals surface area contributed by atoms with Crippen LogP contribution in [0.3, 0.4) is 0 Å². The highest BCUT2D eigenvalue weighted by atomic mass is 19.2. The van der Waals surface area contributed by atoms with Crippen LogP contribution in [-0.4, -0.2) is 17.4 Å². The normalized spacial score (nSPS) is 10.4. The lowest BCUT2D eigenvalue weighted by Gasteiger charge is -2.21. The molecule has 0 bridgehead atoms. The molecule has 0 unspecified atom stereocenters. The van der Waals surface area contributed by atoms with Crippen LogP contribution in [0.15, 0.2) is 42.5 Å². The fourth-order valence-corrected chi connectivity index (χ4v) is 2.36. The molecule has 0 atom stereocenters. The minimum atomic E-state index is -0.855. The molecule has 0 spiro atoms. The van der Waals surface area contributed by atoms with Gasteiger partial charge in [-0.2, -0.15) is 0 Å². The molecule has 0 aromatic heterocycles. The molecular weight excluding hydrogens is 298 g/mol. The molecule has 0 heterocycles. The highest BCUT2D eigenvalue weighted by molar-refractivity contribution is 5.73. The van der Waals surface area contributed by atoms with Gasteiger partial charge in [-0.1, -0.05) is 30.3 Å². The number of halogens is 2. The van der Waals surface area contributed by atoms with Crippen LogP contribution in [0.5, 0.6) is 0 Å². The van der Waals surface area contributed by atoms with Crippen molar-refractivity contribution in [2.75, 3.05) is 11.9 Å². The summed E-state index contributed by atoms with van der Waals surface area (Å²) in [5.74, 6) is -1.69. The lowest BCUT2D eigenvalue weighted by molar-refractivity contribution is -0.129. The number of hydrogen-bond acceptors (Lipinski definition) is 2. The van der Waals surface area contributed by atoms with E-state index in [4.69, 9.17) is 0 Å². The second-order valence-electron chi connectivity index (χ2n) is 5.26. The van der Waals surface area contributed by atoms with E-state index in [2.05, 4.69) is 5.32 Å². The van der Waals surface area contributed by atoms with Crippen LogP contribution in [-0.2, 0) is 17.9 Å². The smallest absolute Gasteiger partial charge is 0.219 e. The van der Waals surface area contributed by atoms with Gasteiger partial charge in [-0.25, -0.2) is 8.78 Å². The number of amides is 1. The van der Waals surface area contributed by atoms with E-state index >= 15 is 0 Å². The molecule has 3 nitrogen and oxygen atoms in total. The third-order valence-corrected chi connectivity index (χ3v) is 3.71. The molecule has 2 rings (SSSR count). The molecule has 0 fully saturated rings. The fourth-order valence-electron chi connectivity index (χ4n) is 2.36. The van der Waals surface area contributed by atoms with Gasteiger partial charge in [0, 0.05) is 37.8 Å². The number of benzene rings is 2. The number of hydrogen-bond donors (Lipinski definition) is 1. The molecule has 1 N–H and O–H groups in total. The zero-order valence-corrected chi connectivity index (χ0v) is 13.3. The summed E-state index contributed by atoms with van der Waals surface area (Å²) in [5, 5.41) is 3.12. The lowest BCUT2D eigenvalue weighted by atomic mass is 10.1. The van der Waals surface area contributed by atoms with Crippen LogP contribution in [0.4, 0.5) is 14.5 Å². The van der Waals surface area contributed by atoms with Crippen molar-refractivity contribution in [1.82, 2.24) is 4.90 Å². The number of rotatable bonds is 6. The Hall–Kier alpha value is -2.43. The van der Waals surface area contributed by atoms with Gasteiger partial charge >= 0.3 is 0 Å². The molecule has 23 heavy (non-hydrogen) atoms. The second-order valence-corrected chi connectivity index (χ2v) is 5.26. The molecule has 0 saturated heterocycles. The van der Waals surface area contributed by atoms with E-state index in [9.17, 15) is 13.6 Å². The molecule has 1 amide bonds. The van der Waals surface area contributed by atoms with Crippen molar-refractivity contribution in [1.29, 1.82) is 0 Å². The Morgan fingerprint density at radius 1 is 1.09 bits per heavy atom. The zero-order chi connectivity index (χ0) is 16.8. The Kier molecular flexibility index (Phi) is 5.68. The predicted octanol–water partition coefficient (Wildman–Crippen LogP) is 3.95. The van der Waals surface area contributed by atoms with Crippen LogP contribution in [0.1, 0.15) is 25.0 Å². The standard InChI is InChI=1S/C18H20F2N2O/c1-3-22(13(2)23)12-15-7-4-5-10-17(15)21-11-14-8-6-9-16(19)18(14)20/h4-10,21H,3,11-12H2,1-2H3. The summed E-state index contributed by atoms with van der Waals surface area (Å²) in [4.78, 5) is 13.3. The van der Waals surface area contributed by atoms with Crippen molar-refractivity contribution >= 4 is 11.6 Å². The molecule has 2 aromatic rings. The van der Waals surface area contributed by atoms with Crippen LogP contribution in [0, 0.1) is 11.6 Å². The third-order valence-electron chi connectivity index (χ3n) is 3.71. The van der Waals surface area contributed by atoms with Crippen molar-refractivity contribution in [3.63, 3.8) is 0 Å². The van der Waals surface area contributed by atoms with Crippen LogP contribution < -0.4 is 5.32 Å². The number of para-hydroxylation sites is 1. The van der Waals surface area contributed by atoms with E-state index in [1.54, 1.807) is 11.0 Å². The Bertz CT molecular complexity index is 688. The summed E-state index contributed by atoms with van der Waals surface area (Å²) in [6, 6.07) is 11.6. The first-order valence-corrected chi connectivity index (χ1v) is 7.53. The van der Waals surface area contributed by atoms with Crippen LogP contribution in [0.25, 0.3) is 0 Å². The van der Waals surface area contributed by atoms with E-state index in [-0.39, 0.29) is 18.0 Å². The van der Waals surface area contributed by atoms with Gasteiger partial charge in [0.05, 0.1) is 0 Å². The molecule has 0 aliphatic heterocycles. The lowest BCUT2D eigenvalue weighted by Crippen LogP contribution is -2.28. The van der Waals surface area contributed by atoms with Gasteiger partial charge < -0.3 is 10.2 Å². The zero-order valence-electron chi connectivity index (χ0n) is 13.3. The first kappa shape index (κ1) is 16.9. The van der Waals surface area contributed by atoms with Gasteiger partial charge in [-0.15, -0.1) is 0 Å². The largest absolute Gasteiger partial charge is 0.381 e. The first-order chi connectivity index (χ1) is 11.0. The minimum Gasteiger partial charge on any atom is -0.381 e. The average molecular weight is 318 g/mol. The molecule has 0 aliphatic carbocycles. The number of nitrogens with zero attached hydrogens (tertiary/aromatic N) is 1. The second kappa shape index (κ2) is 7.72. The van der Waals surface area contributed by atoms with E-state index < -0.39 is 11.6 Å². The summed E-state index contributed by atoms with van der Waals surface area (Å²) in [6.45, 7) is 4.71. The van der Waals surface area contributed by atoms with E-state index in [0.717, 1.165) is 17.3 Å². The van der Waals surface area contributed by atoms with Gasteiger partial charge in [-0.3, -0.25) is 4.79 Å². The summed E-state index contributed by atoms with van der Waals surface area (Å²) in [7, 11) is 0. The monoisotopic (exact) mass is 318 g/mol. The number of anilines is 1. The van der Waals surface area contributed by atoms with Crippen molar-refractivity contribution in [3.8, 4) is 0 Å². The molecule has 5 heteroatoms. The van der Waals surface area contributed by atoms with Gasteiger partial charge in [0.25, 0.3) is 0 Å². The van der Waals surface area contributed by atoms with Crippen LogP contribution in [0.2, 0.25) is 0 Å². The van der Waals surface area contributed by atoms with E-state index in [1.165, 1.54) is 13.0 Å². The molecule has 0 radical (unpaired) electrons. The minimum absolute atomic E-state index is 0.00141. The summed E-state index contributed by atoms with van der Waals surface area (Å²) >= 11 is 0. The highest BCUT2D eigenvalue weighted by Gasteiger charge is 2.11. The summed E-state index contributed by atoms with van der Waals surface area (Å²) < 4.78 is 27.0.